The van der Waals surface area contributed by atoms with Crippen molar-refractivity contribution >= 4 is 23.2 Å². The van der Waals surface area contributed by atoms with Crippen LogP contribution in [0.5, 0.6) is 5.75 Å². The van der Waals surface area contributed by atoms with Gasteiger partial charge in [-0.25, -0.2) is 0 Å². The lowest BCUT2D eigenvalue weighted by Crippen LogP contribution is -2.42. The van der Waals surface area contributed by atoms with Gasteiger partial charge in [-0.15, -0.1) is 0 Å². The molecule has 168 valence electrons. The van der Waals surface area contributed by atoms with E-state index in [0.717, 1.165) is 31.7 Å². The maximum atomic E-state index is 12.4. The summed E-state index contributed by atoms with van der Waals surface area (Å²) in [5, 5.41) is 4.30. The van der Waals surface area contributed by atoms with Crippen LogP contribution in [-0.2, 0) is 22.7 Å². The van der Waals surface area contributed by atoms with E-state index < -0.39 is 0 Å². The molecule has 0 saturated carbocycles. The summed E-state index contributed by atoms with van der Waals surface area (Å²) in [6.45, 7) is 3.17. The quantitative estimate of drug-likeness (QED) is 0.594. The molecule has 3 rings (SSSR count). The maximum absolute atomic E-state index is 12.4. The van der Waals surface area contributed by atoms with Gasteiger partial charge in [-0.05, 0) is 47.1 Å². The largest absolute Gasteiger partial charge is 0.490 e. The molecule has 1 saturated heterocycles. The van der Waals surface area contributed by atoms with Gasteiger partial charge in [-0.3, -0.25) is 14.5 Å². The molecule has 0 atom stereocenters. The molecular formula is C24H33N3O3S. The van der Waals surface area contributed by atoms with E-state index in [1.807, 2.05) is 17.0 Å². The number of thiophene rings is 1. The van der Waals surface area contributed by atoms with Crippen molar-refractivity contribution in [1.29, 1.82) is 0 Å². The summed E-state index contributed by atoms with van der Waals surface area (Å²) in [6.07, 6.45) is 2.30. The van der Waals surface area contributed by atoms with E-state index in [0.29, 0.717) is 13.1 Å². The van der Waals surface area contributed by atoms with Crippen molar-refractivity contribution in [3.8, 4) is 5.75 Å². The van der Waals surface area contributed by atoms with Crippen LogP contribution in [0.15, 0.2) is 41.1 Å². The van der Waals surface area contributed by atoms with E-state index in [-0.39, 0.29) is 30.8 Å². The first kappa shape index (κ1) is 23.3. The Balaban J connectivity index is 1.43. The molecule has 0 aliphatic carbocycles. The van der Waals surface area contributed by atoms with Crippen LogP contribution in [0.1, 0.15) is 36.8 Å². The molecule has 0 N–H and O–H groups in total. The van der Waals surface area contributed by atoms with Crippen LogP contribution in [0.4, 0.5) is 0 Å². The van der Waals surface area contributed by atoms with E-state index in [9.17, 15) is 9.59 Å². The van der Waals surface area contributed by atoms with Crippen LogP contribution < -0.4 is 4.74 Å². The average molecular weight is 444 g/mol. The Bertz CT molecular complexity index is 846. The Labute approximate surface area is 189 Å². The van der Waals surface area contributed by atoms with E-state index in [1.165, 1.54) is 16.0 Å². The lowest BCUT2D eigenvalue weighted by molar-refractivity contribution is -0.137. The van der Waals surface area contributed by atoms with Crippen LogP contribution >= 0.6 is 11.3 Å². The first-order valence-electron chi connectivity index (χ1n) is 10.8. The van der Waals surface area contributed by atoms with Crippen LogP contribution in [0.3, 0.4) is 0 Å². The number of hydrogen-bond donors (Lipinski definition) is 0. The van der Waals surface area contributed by atoms with Gasteiger partial charge in [0.2, 0.25) is 11.8 Å². The van der Waals surface area contributed by atoms with Gasteiger partial charge < -0.3 is 14.5 Å². The summed E-state index contributed by atoms with van der Waals surface area (Å²) >= 11 is 1.73. The minimum atomic E-state index is -0.00702. The van der Waals surface area contributed by atoms with Gasteiger partial charge >= 0.3 is 0 Å². The van der Waals surface area contributed by atoms with Gasteiger partial charge in [0.1, 0.15) is 11.9 Å². The van der Waals surface area contributed by atoms with Crippen molar-refractivity contribution in [1.82, 2.24) is 14.7 Å². The molecule has 2 aromatic rings. The van der Waals surface area contributed by atoms with Crippen LogP contribution in [0, 0.1) is 0 Å². The molecular weight excluding hydrogens is 410 g/mol. The van der Waals surface area contributed by atoms with Crippen molar-refractivity contribution in [2.45, 2.75) is 44.9 Å². The fraction of sp³-hybridized carbons (Fsp3) is 0.500. The fourth-order valence-corrected chi connectivity index (χ4v) is 4.45. The van der Waals surface area contributed by atoms with Crippen molar-refractivity contribution in [3.05, 3.63) is 52.2 Å². The van der Waals surface area contributed by atoms with Crippen molar-refractivity contribution in [2.24, 2.45) is 0 Å². The molecule has 0 radical (unpaired) electrons. The molecule has 6 nitrogen and oxygen atoms in total. The Morgan fingerprint density at radius 1 is 1.06 bits per heavy atom. The summed E-state index contributed by atoms with van der Waals surface area (Å²) < 4.78 is 6.23. The molecule has 2 heterocycles. The number of rotatable bonds is 9. The third-order valence-electron chi connectivity index (χ3n) is 5.53. The minimum Gasteiger partial charge on any atom is -0.490 e. The normalized spacial score (nSPS) is 14.6. The molecule has 1 aromatic carbocycles. The van der Waals surface area contributed by atoms with Gasteiger partial charge in [-0.1, -0.05) is 12.1 Å². The zero-order valence-corrected chi connectivity index (χ0v) is 19.6. The average Bonchev–Trinajstić information content (AvgIpc) is 3.25. The number of amides is 2. The minimum absolute atomic E-state index is 0.00702. The number of nitrogens with zero attached hydrogens (tertiary/aromatic N) is 3. The molecule has 7 heteroatoms. The van der Waals surface area contributed by atoms with Crippen LogP contribution in [-0.4, -0.2) is 66.9 Å². The van der Waals surface area contributed by atoms with E-state index >= 15 is 0 Å². The molecule has 1 aromatic heterocycles. The van der Waals surface area contributed by atoms with Gasteiger partial charge in [0.15, 0.2) is 0 Å². The lowest BCUT2D eigenvalue weighted by atomic mass is 10.1. The Morgan fingerprint density at radius 2 is 1.81 bits per heavy atom. The predicted molar refractivity (Wildman–Crippen MR) is 124 cm³/mol. The number of carbonyl (C=O) groups is 2. The summed E-state index contributed by atoms with van der Waals surface area (Å²) in [5.41, 5.74) is 2.57. The first-order chi connectivity index (χ1) is 14.9. The predicted octanol–water partition coefficient (Wildman–Crippen LogP) is 3.62. The number of hydrogen-bond acceptors (Lipinski definition) is 5. The van der Waals surface area contributed by atoms with E-state index in [2.05, 4.69) is 40.9 Å². The molecule has 1 fully saturated rings. The number of likely N-dealkylation sites (tertiary alicyclic amines) is 1. The third-order valence-corrected chi connectivity index (χ3v) is 6.26. The molecule has 1 aliphatic rings. The Kier molecular flexibility index (Phi) is 8.49. The van der Waals surface area contributed by atoms with Gasteiger partial charge in [-0.2, -0.15) is 11.3 Å². The Hall–Kier alpha value is -2.38. The summed E-state index contributed by atoms with van der Waals surface area (Å²) in [5.74, 6) is 0.944. The standard InChI is InChI=1S/C24H33N3O3S/c1-25(2)23(28)7-8-24(29)27-12-9-21(10-13-27)30-22-6-4-5-19(15-22)16-26(3)17-20-11-14-31-18-20/h4-6,11,14-15,18,21H,7-10,12-13,16-17H2,1-3H3. The lowest BCUT2D eigenvalue weighted by Gasteiger charge is -2.32. The molecule has 1 aliphatic heterocycles. The Morgan fingerprint density at radius 3 is 2.48 bits per heavy atom. The SMILES string of the molecule is CN(Cc1ccsc1)Cc1cccc(OC2CCN(C(=O)CCC(=O)N(C)C)CC2)c1. The third kappa shape index (κ3) is 7.36. The monoisotopic (exact) mass is 443 g/mol. The summed E-state index contributed by atoms with van der Waals surface area (Å²) in [6, 6.07) is 10.5. The maximum Gasteiger partial charge on any atom is 0.223 e. The van der Waals surface area contributed by atoms with Crippen molar-refractivity contribution < 1.29 is 14.3 Å². The van der Waals surface area contributed by atoms with Crippen molar-refractivity contribution in [2.75, 3.05) is 34.2 Å². The van der Waals surface area contributed by atoms with Gasteiger partial charge in [0.25, 0.3) is 0 Å². The number of piperidine rings is 1. The first-order valence-corrected chi connectivity index (χ1v) is 11.8. The summed E-state index contributed by atoms with van der Waals surface area (Å²) in [4.78, 5) is 29.7. The molecule has 0 unspecified atom stereocenters. The second-order valence-electron chi connectivity index (χ2n) is 8.44. The second-order valence-corrected chi connectivity index (χ2v) is 9.22. The smallest absolute Gasteiger partial charge is 0.223 e. The second kappa shape index (κ2) is 11.3. The van der Waals surface area contributed by atoms with Crippen LogP contribution in [0.2, 0.25) is 0 Å². The number of carbonyl (C=O) groups excluding carboxylic acids is 2. The highest BCUT2D eigenvalue weighted by Crippen LogP contribution is 2.22. The summed E-state index contributed by atoms with van der Waals surface area (Å²) in [7, 11) is 5.56. The van der Waals surface area contributed by atoms with Crippen molar-refractivity contribution in [3.63, 3.8) is 0 Å². The topological polar surface area (TPSA) is 53.1 Å². The molecule has 31 heavy (non-hydrogen) atoms. The highest BCUT2D eigenvalue weighted by atomic mass is 32.1. The highest BCUT2D eigenvalue weighted by molar-refractivity contribution is 7.07. The molecule has 0 bridgehead atoms. The number of benzene rings is 1. The highest BCUT2D eigenvalue weighted by Gasteiger charge is 2.24. The van der Waals surface area contributed by atoms with Gasteiger partial charge in [0.05, 0.1) is 0 Å². The zero-order chi connectivity index (χ0) is 22.2. The molecule has 0 spiro atoms. The molecule has 2 amide bonds. The fourth-order valence-electron chi connectivity index (χ4n) is 3.79. The van der Waals surface area contributed by atoms with E-state index in [4.69, 9.17) is 4.74 Å². The zero-order valence-electron chi connectivity index (χ0n) is 18.8. The van der Waals surface area contributed by atoms with Crippen LogP contribution in [0.25, 0.3) is 0 Å². The van der Waals surface area contributed by atoms with Gasteiger partial charge in [0, 0.05) is 66.0 Å². The van der Waals surface area contributed by atoms with E-state index in [1.54, 1.807) is 25.4 Å². The number of ether oxygens (including phenoxy) is 1.